The van der Waals surface area contributed by atoms with Crippen molar-refractivity contribution in [2.24, 2.45) is 0 Å². The average molecular weight is 727 g/mol. The second-order valence-corrected chi connectivity index (χ2v) is 14.4. The monoisotopic (exact) mass is 726 g/mol. The molecule has 0 saturated heterocycles. The first-order chi connectivity index (χ1) is 28.2. The lowest BCUT2D eigenvalue weighted by atomic mass is 9.98. The van der Waals surface area contributed by atoms with Gasteiger partial charge in [-0.2, -0.15) is 0 Å². The summed E-state index contributed by atoms with van der Waals surface area (Å²) in [4.78, 5) is 15.5. The highest BCUT2D eigenvalue weighted by Gasteiger charge is 2.18. The molecule has 3 aromatic heterocycles. The van der Waals surface area contributed by atoms with Crippen LogP contribution in [0.1, 0.15) is 0 Å². The average Bonchev–Trinajstić information content (AvgIpc) is 3.61. The van der Waals surface area contributed by atoms with Crippen LogP contribution in [-0.4, -0.2) is 19.5 Å². The molecule has 0 spiro atoms. The lowest BCUT2D eigenvalue weighted by Crippen LogP contribution is -1.96. The third kappa shape index (κ3) is 5.74. The van der Waals surface area contributed by atoms with Gasteiger partial charge in [0.05, 0.1) is 33.6 Å². The predicted molar refractivity (Wildman–Crippen MR) is 236 cm³/mol. The highest BCUT2D eigenvalue weighted by atomic mass is 15.0. The molecule has 57 heavy (non-hydrogen) atoms. The SMILES string of the molecule is c1ccc(-c2cc(-c3cccc(-c4ccc5c6cc7nc(-c8ccccc8)c8ccccc8c7cc6n(-c6ccccc6)c5c4)c3)nc(-c3ccccc3)n2)cc1. The third-order valence-electron chi connectivity index (χ3n) is 11.0. The predicted octanol–water partition coefficient (Wildman–Crippen LogP) is 13.6. The first-order valence-electron chi connectivity index (χ1n) is 19.3. The van der Waals surface area contributed by atoms with Crippen molar-refractivity contribution in [3.63, 3.8) is 0 Å². The molecule has 4 heteroatoms. The van der Waals surface area contributed by atoms with Gasteiger partial charge in [0.2, 0.25) is 0 Å². The van der Waals surface area contributed by atoms with Crippen molar-refractivity contribution in [2.75, 3.05) is 0 Å². The number of aromatic nitrogens is 4. The number of rotatable bonds is 6. The van der Waals surface area contributed by atoms with Crippen molar-refractivity contribution in [3.05, 3.63) is 206 Å². The Balaban J connectivity index is 1.10. The molecule has 0 radical (unpaired) electrons. The maximum Gasteiger partial charge on any atom is 0.160 e. The summed E-state index contributed by atoms with van der Waals surface area (Å²) in [6, 6.07) is 72.6. The maximum atomic E-state index is 5.35. The van der Waals surface area contributed by atoms with Crippen LogP contribution < -0.4 is 0 Å². The molecule has 0 fully saturated rings. The molecule has 0 aliphatic heterocycles. The second kappa shape index (κ2) is 13.6. The third-order valence-corrected chi connectivity index (χ3v) is 11.0. The van der Waals surface area contributed by atoms with Crippen LogP contribution in [0.5, 0.6) is 0 Å². The van der Waals surface area contributed by atoms with E-state index in [-0.39, 0.29) is 0 Å². The van der Waals surface area contributed by atoms with Gasteiger partial charge >= 0.3 is 0 Å². The van der Waals surface area contributed by atoms with Crippen molar-refractivity contribution in [2.45, 2.75) is 0 Å². The number of benzene rings is 8. The number of para-hydroxylation sites is 1. The second-order valence-electron chi connectivity index (χ2n) is 14.4. The summed E-state index contributed by atoms with van der Waals surface area (Å²) >= 11 is 0. The Morgan fingerprint density at radius 1 is 0.298 bits per heavy atom. The number of pyridine rings is 1. The Bertz CT molecular complexity index is 3210. The molecule has 0 amide bonds. The zero-order valence-corrected chi connectivity index (χ0v) is 30.9. The van der Waals surface area contributed by atoms with Crippen molar-refractivity contribution < 1.29 is 0 Å². The molecule has 0 bridgehead atoms. The molecular formula is C53H34N4. The van der Waals surface area contributed by atoms with Gasteiger partial charge in [0.15, 0.2) is 5.82 Å². The van der Waals surface area contributed by atoms with Gasteiger partial charge in [0, 0.05) is 49.5 Å². The summed E-state index contributed by atoms with van der Waals surface area (Å²) < 4.78 is 2.40. The summed E-state index contributed by atoms with van der Waals surface area (Å²) in [5, 5.41) is 5.84. The fraction of sp³-hybridized carbons (Fsp3) is 0. The fourth-order valence-corrected chi connectivity index (χ4v) is 8.24. The molecule has 11 aromatic rings. The summed E-state index contributed by atoms with van der Waals surface area (Å²) in [7, 11) is 0. The van der Waals surface area contributed by atoms with E-state index < -0.39 is 0 Å². The summed E-state index contributed by atoms with van der Waals surface area (Å²) in [5.74, 6) is 0.705. The molecule has 8 aromatic carbocycles. The van der Waals surface area contributed by atoms with Crippen LogP contribution in [-0.2, 0) is 0 Å². The maximum absolute atomic E-state index is 5.35. The molecule has 266 valence electrons. The minimum Gasteiger partial charge on any atom is -0.309 e. The lowest BCUT2D eigenvalue weighted by molar-refractivity contribution is 1.18. The van der Waals surface area contributed by atoms with Crippen molar-refractivity contribution in [3.8, 4) is 62.0 Å². The quantitative estimate of drug-likeness (QED) is 0.160. The molecule has 11 rings (SSSR count). The number of nitrogens with zero attached hydrogens (tertiary/aromatic N) is 4. The Hall–Kier alpha value is -7.69. The van der Waals surface area contributed by atoms with Crippen molar-refractivity contribution in [1.29, 1.82) is 0 Å². The van der Waals surface area contributed by atoms with Gasteiger partial charge in [-0.15, -0.1) is 0 Å². The lowest BCUT2D eigenvalue weighted by Gasteiger charge is -2.12. The topological polar surface area (TPSA) is 43.6 Å². The van der Waals surface area contributed by atoms with E-state index in [1.165, 1.54) is 16.2 Å². The minimum atomic E-state index is 0.705. The zero-order valence-electron chi connectivity index (χ0n) is 30.9. The smallest absolute Gasteiger partial charge is 0.160 e. The van der Waals surface area contributed by atoms with Gasteiger partial charge in [-0.1, -0.05) is 164 Å². The van der Waals surface area contributed by atoms with Gasteiger partial charge in [-0.3, -0.25) is 0 Å². The van der Waals surface area contributed by atoms with Crippen molar-refractivity contribution >= 4 is 43.5 Å². The fourth-order valence-electron chi connectivity index (χ4n) is 8.24. The van der Waals surface area contributed by atoms with Crippen LogP contribution in [0.15, 0.2) is 206 Å². The molecular weight excluding hydrogens is 693 g/mol. The van der Waals surface area contributed by atoms with Crippen LogP contribution in [0.4, 0.5) is 0 Å². The zero-order chi connectivity index (χ0) is 37.7. The molecule has 0 atom stereocenters. The van der Waals surface area contributed by atoms with E-state index in [0.717, 1.165) is 83.5 Å². The number of hydrogen-bond acceptors (Lipinski definition) is 3. The van der Waals surface area contributed by atoms with Gasteiger partial charge < -0.3 is 4.57 Å². The van der Waals surface area contributed by atoms with Gasteiger partial charge in [0.1, 0.15) is 0 Å². The van der Waals surface area contributed by atoms with E-state index in [1.54, 1.807) is 0 Å². The minimum absolute atomic E-state index is 0.705. The number of hydrogen-bond donors (Lipinski definition) is 0. The van der Waals surface area contributed by atoms with Gasteiger partial charge in [-0.25, -0.2) is 15.0 Å². The Morgan fingerprint density at radius 2 is 0.860 bits per heavy atom. The Morgan fingerprint density at radius 3 is 1.60 bits per heavy atom. The first-order valence-corrected chi connectivity index (χ1v) is 19.3. The van der Waals surface area contributed by atoms with E-state index in [4.69, 9.17) is 15.0 Å². The van der Waals surface area contributed by atoms with Gasteiger partial charge in [-0.05, 0) is 59.0 Å². The standard InChI is InChI=1S/C53H34N4/c1-5-16-35(17-6-1)47-34-48(56-53(55-47)37-20-9-3-10-21-37)40-23-15-22-38(30-40)39-28-29-43-46-32-49-45(33-51(46)57(50(43)31-39)41-24-11-4-12-25-41)42-26-13-14-27-44(42)52(54-49)36-18-7-2-8-19-36/h1-34H. The summed E-state index contributed by atoms with van der Waals surface area (Å²) in [5.41, 5.74) is 13.6. The van der Waals surface area contributed by atoms with Crippen LogP contribution in [0.3, 0.4) is 0 Å². The Labute approximate surface area is 330 Å². The van der Waals surface area contributed by atoms with E-state index in [0.29, 0.717) is 5.82 Å². The molecule has 3 heterocycles. The normalized spacial score (nSPS) is 11.5. The highest BCUT2D eigenvalue weighted by Crippen LogP contribution is 2.40. The Kier molecular flexibility index (Phi) is 7.78. The number of fused-ring (bicyclic) bond motifs is 6. The van der Waals surface area contributed by atoms with Crippen LogP contribution in [0, 0.1) is 0 Å². The van der Waals surface area contributed by atoms with E-state index in [9.17, 15) is 0 Å². The van der Waals surface area contributed by atoms with Crippen molar-refractivity contribution in [1.82, 2.24) is 19.5 Å². The molecule has 4 nitrogen and oxygen atoms in total. The first kappa shape index (κ1) is 32.7. The summed E-state index contributed by atoms with van der Waals surface area (Å²) in [6.45, 7) is 0. The van der Waals surface area contributed by atoms with Crippen LogP contribution in [0.25, 0.3) is 105 Å². The largest absolute Gasteiger partial charge is 0.309 e. The van der Waals surface area contributed by atoms with E-state index in [1.807, 2.05) is 36.4 Å². The molecule has 0 unspecified atom stereocenters. The molecule has 0 N–H and O–H groups in total. The molecule has 0 aliphatic carbocycles. The van der Waals surface area contributed by atoms with E-state index in [2.05, 4.69) is 174 Å². The van der Waals surface area contributed by atoms with Gasteiger partial charge in [0.25, 0.3) is 0 Å². The van der Waals surface area contributed by atoms with Crippen LogP contribution >= 0.6 is 0 Å². The molecule has 0 aliphatic rings. The van der Waals surface area contributed by atoms with E-state index >= 15 is 0 Å². The van der Waals surface area contributed by atoms with Crippen LogP contribution in [0.2, 0.25) is 0 Å². The summed E-state index contributed by atoms with van der Waals surface area (Å²) in [6.07, 6.45) is 0. The molecule has 0 saturated carbocycles. The highest BCUT2D eigenvalue weighted by molar-refractivity contribution is 6.19.